The maximum atomic E-state index is 13.0. The molecule has 212 valence electrons. The van der Waals surface area contributed by atoms with Crippen molar-refractivity contribution in [1.82, 2.24) is 10.2 Å². The van der Waals surface area contributed by atoms with Crippen LogP contribution in [0.15, 0.2) is 66.7 Å². The van der Waals surface area contributed by atoms with E-state index in [1.165, 1.54) is 6.07 Å². The number of nitrogens with zero attached hydrogens (tertiary/aromatic N) is 2. The van der Waals surface area contributed by atoms with Crippen LogP contribution in [0.2, 0.25) is 0 Å². The molecule has 4 rings (SSSR count). The largest absolute Gasteiger partial charge is 0.482 e. The Kier molecular flexibility index (Phi) is 9.52. The zero-order valence-corrected chi connectivity index (χ0v) is 23.0. The first-order valence-electron chi connectivity index (χ1n) is 13.6. The number of nitro groups is 1. The molecule has 0 spiro atoms. The summed E-state index contributed by atoms with van der Waals surface area (Å²) in [5.41, 5.74) is 3.69. The zero-order valence-electron chi connectivity index (χ0n) is 23.0. The van der Waals surface area contributed by atoms with Crippen LogP contribution < -0.4 is 10.1 Å². The van der Waals surface area contributed by atoms with Gasteiger partial charge in [-0.3, -0.25) is 19.8 Å². The number of nitrogens with one attached hydrogen (secondary N) is 1. The molecule has 1 saturated heterocycles. The number of amides is 1. The van der Waals surface area contributed by atoms with Crippen molar-refractivity contribution in [3.05, 3.63) is 93.5 Å². The van der Waals surface area contributed by atoms with Gasteiger partial charge in [0.2, 0.25) is 5.91 Å². The molecule has 0 aliphatic carbocycles. The van der Waals surface area contributed by atoms with E-state index in [0.29, 0.717) is 31.5 Å². The van der Waals surface area contributed by atoms with Crippen LogP contribution in [0.1, 0.15) is 42.9 Å². The summed E-state index contributed by atoms with van der Waals surface area (Å²) in [4.78, 5) is 26.5. The molecule has 1 amide bonds. The molecule has 1 unspecified atom stereocenters. The number of hydrogen-bond acceptors (Lipinski definition) is 7. The normalized spacial score (nSPS) is 15.7. The minimum atomic E-state index is -1.07. The van der Waals surface area contributed by atoms with Gasteiger partial charge in [0.25, 0.3) is 0 Å². The summed E-state index contributed by atoms with van der Waals surface area (Å²) in [5.74, 6) is -0.0717. The Balaban J connectivity index is 1.47. The molecule has 3 aromatic carbocycles. The van der Waals surface area contributed by atoms with Crippen molar-refractivity contribution in [3.8, 4) is 16.9 Å². The quantitative estimate of drug-likeness (QED) is 0.227. The van der Waals surface area contributed by atoms with Crippen molar-refractivity contribution in [1.29, 1.82) is 0 Å². The van der Waals surface area contributed by atoms with E-state index in [-0.39, 0.29) is 37.2 Å². The lowest BCUT2D eigenvalue weighted by Gasteiger charge is -2.33. The molecule has 9 heteroatoms. The average Bonchev–Trinajstić information content (AvgIpc) is 3.44. The van der Waals surface area contributed by atoms with E-state index in [9.17, 15) is 25.1 Å². The first-order valence-corrected chi connectivity index (χ1v) is 13.6. The van der Waals surface area contributed by atoms with Gasteiger partial charge in [-0.2, -0.15) is 0 Å². The third-order valence-corrected chi connectivity index (χ3v) is 7.86. The predicted octanol–water partition coefficient (Wildman–Crippen LogP) is 4.36. The maximum Gasteiger partial charge on any atom is 0.311 e. The fourth-order valence-electron chi connectivity index (χ4n) is 5.18. The van der Waals surface area contributed by atoms with Crippen molar-refractivity contribution < 1.29 is 24.7 Å². The number of hydrogen-bond donors (Lipinski definition) is 3. The third kappa shape index (κ3) is 6.50. The lowest BCUT2D eigenvalue weighted by molar-refractivity contribution is -0.386. The van der Waals surface area contributed by atoms with E-state index < -0.39 is 16.5 Å². The number of carbonyl (C=O) groups is 1. The molecule has 3 N–H and O–H groups in total. The molecule has 1 aliphatic heterocycles. The third-order valence-electron chi connectivity index (χ3n) is 7.86. The monoisotopic (exact) mass is 547 g/mol. The molecule has 0 bridgehead atoms. The summed E-state index contributed by atoms with van der Waals surface area (Å²) in [6, 6.07) is 20.5. The molecule has 0 saturated carbocycles. The van der Waals surface area contributed by atoms with Crippen molar-refractivity contribution in [2.45, 2.75) is 57.8 Å². The molecule has 1 fully saturated rings. The minimum Gasteiger partial charge on any atom is -0.482 e. The summed E-state index contributed by atoms with van der Waals surface area (Å²) in [7, 11) is 0. The fraction of sp³-hybridized carbons (Fsp3) is 0.387. The molecule has 1 aliphatic rings. The van der Waals surface area contributed by atoms with Gasteiger partial charge in [-0.15, -0.1) is 0 Å². The SMILES string of the molecule is CCC(CO)(CO)NC(=O)C1CCCN1Cc1ccc(OCc2cccc(-c3ccccc3)c2C)c([N+](=O)[O-])c1. The van der Waals surface area contributed by atoms with Crippen molar-refractivity contribution in [2.75, 3.05) is 19.8 Å². The van der Waals surface area contributed by atoms with Crippen LogP contribution in [0, 0.1) is 17.0 Å². The van der Waals surface area contributed by atoms with Gasteiger partial charge in [0.05, 0.1) is 29.7 Å². The van der Waals surface area contributed by atoms with E-state index in [4.69, 9.17) is 4.74 Å². The number of ether oxygens (including phenoxy) is 1. The van der Waals surface area contributed by atoms with Crippen molar-refractivity contribution in [2.24, 2.45) is 0 Å². The molecular formula is C31H37N3O6. The Morgan fingerprint density at radius 2 is 1.88 bits per heavy atom. The molecule has 9 nitrogen and oxygen atoms in total. The lowest BCUT2D eigenvalue weighted by Crippen LogP contribution is -2.57. The van der Waals surface area contributed by atoms with E-state index in [1.807, 2.05) is 60.4 Å². The number of benzene rings is 3. The van der Waals surface area contributed by atoms with Crippen LogP contribution in [-0.2, 0) is 17.9 Å². The van der Waals surface area contributed by atoms with Gasteiger partial charge in [0, 0.05) is 12.6 Å². The van der Waals surface area contributed by atoms with Gasteiger partial charge >= 0.3 is 5.69 Å². The molecule has 40 heavy (non-hydrogen) atoms. The highest BCUT2D eigenvalue weighted by molar-refractivity contribution is 5.82. The van der Waals surface area contributed by atoms with Gasteiger partial charge in [-0.1, -0.05) is 61.5 Å². The summed E-state index contributed by atoms with van der Waals surface area (Å²) < 4.78 is 5.97. The Bertz CT molecular complexity index is 1320. The smallest absolute Gasteiger partial charge is 0.311 e. The van der Waals surface area contributed by atoms with Crippen LogP contribution in [0.4, 0.5) is 5.69 Å². The Morgan fingerprint density at radius 1 is 1.12 bits per heavy atom. The van der Waals surface area contributed by atoms with E-state index in [0.717, 1.165) is 28.7 Å². The van der Waals surface area contributed by atoms with Gasteiger partial charge in [0.15, 0.2) is 5.75 Å². The van der Waals surface area contributed by atoms with E-state index >= 15 is 0 Å². The number of nitro benzene ring substituents is 1. The van der Waals surface area contributed by atoms with Crippen molar-refractivity contribution in [3.63, 3.8) is 0 Å². The van der Waals surface area contributed by atoms with Crippen LogP contribution in [0.25, 0.3) is 11.1 Å². The highest BCUT2D eigenvalue weighted by Crippen LogP contribution is 2.32. The average molecular weight is 548 g/mol. The first kappa shape index (κ1) is 29.2. The van der Waals surface area contributed by atoms with E-state index in [1.54, 1.807) is 19.1 Å². The number of rotatable bonds is 12. The van der Waals surface area contributed by atoms with Crippen LogP contribution >= 0.6 is 0 Å². The number of aliphatic hydroxyl groups is 2. The molecule has 3 aromatic rings. The van der Waals surface area contributed by atoms with Crippen LogP contribution in [0.3, 0.4) is 0 Å². The first-order chi connectivity index (χ1) is 19.3. The molecule has 1 atom stereocenters. The van der Waals surface area contributed by atoms with E-state index in [2.05, 4.69) is 5.32 Å². The Morgan fingerprint density at radius 3 is 2.55 bits per heavy atom. The Labute approximate surface area is 234 Å². The Hall–Kier alpha value is -3.79. The molecule has 0 radical (unpaired) electrons. The molecule has 1 heterocycles. The summed E-state index contributed by atoms with van der Waals surface area (Å²) in [6.45, 7) is 4.31. The fourth-order valence-corrected chi connectivity index (χ4v) is 5.18. The number of likely N-dealkylation sites (tertiary alicyclic amines) is 1. The number of aliphatic hydroxyl groups excluding tert-OH is 2. The van der Waals surface area contributed by atoms with Gasteiger partial charge in [-0.05, 0) is 66.6 Å². The second kappa shape index (κ2) is 13.0. The van der Waals surface area contributed by atoms with Gasteiger partial charge in [0.1, 0.15) is 6.61 Å². The number of carbonyl (C=O) groups excluding carboxylic acids is 1. The highest BCUT2D eigenvalue weighted by atomic mass is 16.6. The maximum absolute atomic E-state index is 13.0. The highest BCUT2D eigenvalue weighted by Gasteiger charge is 2.36. The second-order valence-electron chi connectivity index (χ2n) is 10.4. The standard InChI is InChI=1S/C31H37N3O6/c1-3-31(20-35,21-36)32-30(37)27-13-8-16-33(27)18-23-14-15-29(28(17-23)34(38)39)40-19-25-11-7-12-26(22(25)2)24-9-5-4-6-10-24/h4-7,9-12,14-15,17,27,35-36H,3,8,13,16,18-21H2,1-2H3,(H,32,37). The van der Waals surface area contributed by atoms with Crippen LogP contribution in [0.5, 0.6) is 5.75 Å². The van der Waals surface area contributed by atoms with Crippen LogP contribution in [-0.4, -0.2) is 57.3 Å². The van der Waals surface area contributed by atoms with Crippen molar-refractivity contribution >= 4 is 11.6 Å². The van der Waals surface area contributed by atoms with Gasteiger partial charge < -0.3 is 20.3 Å². The second-order valence-corrected chi connectivity index (χ2v) is 10.4. The zero-order chi connectivity index (χ0) is 28.7. The summed E-state index contributed by atoms with van der Waals surface area (Å²) in [5, 5.41) is 34.2. The predicted molar refractivity (Wildman–Crippen MR) is 153 cm³/mol. The lowest BCUT2D eigenvalue weighted by atomic mass is 9.97. The van der Waals surface area contributed by atoms with Gasteiger partial charge in [-0.25, -0.2) is 0 Å². The molecule has 0 aromatic heterocycles. The minimum absolute atomic E-state index is 0.125. The summed E-state index contributed by atoms with van der Waals surface area (Å²) >= 11 is 0. The summed E-state index contributed by atoms with van der Waals surface area (Å²) in [6.07, 6.45) is 1.83. The topological polar surface area (TPSA) is 125 Å². The molecular weight excluding hydrogens is 510 g/mol.